The van der Waals surface area contributed by atoms with Gasteiger partial charge >= 0.3 is 0 Å². The zero-order valence-electron chi connectivity index (χ0n) is 12.5. The molecule has 1 heterocycles. The van der Waals surface area contributed by atoms with Crippen molar-refractivity contribution in [1.29, 1.82) is 0 Å². The van der Waals surface area contributed by atoms with E-state index >= 15 is 0 Å². The number of rotatable bonds is 3. The van der Waals surface area contributed by atoms with E-state index in [1.54, 1.807) is 11.8 Å². The molecule has 4 nitrogen and oxygen atoms in total. The molecule has 0 spiro atoms. The fourth-order valence-corrected chi connectivity index (χ4v) is 2.90. The van der Waals surface area contributed by atoms with Crippen molar-refractivity contribution in [2.45, 2.75) is 18.6 Å². The third-order valence-corrected chi connectivity index (χ3v) is 4.17. The molecule has 0 aromatic heterocycles. The summed E-state index contributed by atoms with van der Waals surface area (Å²) in [6.45, 7) is 0. The van der Waals surface area contributed by atoms with E-state index in [0.29, 0.717) is 6.04 Å². The lowest BCUT2D eigenvalue weighted by atomic mass is 10.1. The number of hydrogen-bond acceptors (Lipinski definition) is 4. The average molecular weight is 312 g/mol. The molecule has 22 heavy (non-hydrogen) atoms. The second kappa shape index (κ2) is 7.45. The maximum Gasteiger partial charge on any atom is 0.162 e. The summed E-state index contributed by atoms with van der Waals surface area (Å²) < 4.78 is 0. The van der Waals surface area contributed by atoms with E-state index in [1.807, 2.05) is 42.7 Å². The van der Waals surface area contributed by atoms with Crippen molar-refractivity contribution in [3.8, 4) is 0 Å². The third-order valence-electron chi connectivity index (χ3n) is 3.58. The predicted molar refractivity (Wildman–Crippen MR) is 94.9 cm³/mol. The molecule has 3 N–H and O–H groups in total. The summed E-state index contributed by atoms with van der Waals surface area (Å²) in [5.74, 6) is 0. The zero-order chi connectivity index (χ0) is 15.2. The summed E-state index contributed by atoms with van der Waals surface area (Å²) in [5, 5.41) is 4.27. The van der Waals surface area contributed by atoms with E-state index in [-0.39, 0.29) is 6.17 Å². The van der Waals surface area contributed by atoms with Crippen LogP contribution in [0.3, 0.4) is 0 Å². The van der Waals surface area contributed by atoms with Crippen LogP contribution >= 0.6 is 11.8 Å². The maximum atomic E-state index is 4.76. The molecule has 2 aromatic rings. The Morgan fingerprint density at radius 2 is 1.73 bits per heavy atom. The fourth-order valence-electron chi connectivity index (χ4n) is 2.45. The summed E-state index contributed by atoms with van der Waals surface area (Å²) in [5.41, 5.74) is 8.93. The van der Waals surface area contributed by atoms with Crippen LogP contribution in [-0.2, 0) is 0 Å². The number of thioether (sulfide) groups is 1. The van der Waals surface area contributed by atoms with Crippen LogP contribution < -0.4 is 16.2 Å². The predicted octanol–water partition coefficient (Wildman–Crippen LogP) is 3.38. The van der Waals surface area contributed by atoms with E-state index in [4.69, 9.17) is 4.99 Å². The first-order valence-electron chi connectivity index (χ1n) is 7.35. The molecular formula is C17H20N4S. The number of nitrogens with one attached hydrogen (secondary N) is 3. The first-order valence-corrected chi connectivity index (χ1v) is 8.57. The van der Waals surface area contributed by atoms with E-state index < -0.39 is 0 Å². The average Bonchev–Trinajstić information content (AvgIpc) is 3.04. The lowest BCUT2D eigenvalue weighted by molar-refractivity contribution is 0.553. The van der Waals surface area contributed by atoms with Gasteiger partial charge in [-0.05, 0) is 24.0 Å². The van der Waals surface area contributed by atoms with Crippen LogP contribution in [0.2, 0.25) is 0 Å². The molecule has 1 aliphatic heterocycles. The van der Waals surface area contributed by atoms with Crippen LogP contribution in [0.15, 0.2) is 65.7 Å². The summed E-state index contributed by atoms with van der Waals surface area (Å²) in [6, 6.07) is 20.9. The van der Waals surface area contributed by atoms with Gasteiger partial charge in [0.25, 0.3) is 0 Å². The highest BCUT2D eigenvalue weighted by molar-refractivity contribution is 8.13. The minimum absolute atomic E-state index is 0.0730. The Hall–Kier alpha value is -1.82. The van der Waals surface area contributed by atoms with Crippen LogP contribution in [0.4, 0.5) is 5.69 Å². The molecule has 0 saturated carbocycles. The zero-order valence-corrected chi connectivity index (χ0v) is 13.3. The summed E-state index contributed by atoms with van der Waals surface area (Å²) in [4.78, 5) is 4.76. The first-order chi connectivity index (χ1) is 10.8. The molecule has 0 amide bonds. The molecule has 1 fully saturated rings. The molecule has 0 bridgehead atoms. The molecule has 1 saturated heterocycles. The van der Waals surface area contributed by atoms with E-state index in [2.05, 4.69) is 40.4 Å². The molecule has 5 heteroatoms. The van der Waals surface area contributed by atoms with Crippen molar-refractivity contribution in [1.82, 2.24) is 10.9 Å². The quantitative estimate of drug-likeness (QED) is 0.601. The summed E-state index contributed by atoms with van der Waals surface area (Å²) >= 11 is 1.62. The SMILES string of the molecule is CS/C(=N\C1CC(c2ccccc2)NN1)Nc1ccccc1. The van der Waals surface area contributed by atoms with Crippen LogP contribution in [0.25, 0.3) is 0 Å². The normalized spacial score (nSPS) is 21.8. The number of aliphatic imine (C=N–C) groups is 1. The number of anilines is 1. The van der Waals surface area contributed by atoms with Gasteiger partial charge in [0.05, 0.1) is 0 Å². The van der Waals surface area contributed by atoms with Gasteiger partial charge in [-0.25, -0.2) is 15.8 Å². The second-order valence-electron chi connectivity index (χ2n) is 5.13. The summed E-state index contributed by atoms with van der Waals surface area (Å²) in [6.07, 6.45) is 3.04. The number of nitrogens with zero attached hydrogens (tertiary/aromatic N) is 1. The first kappa shape index (κ1) is 15.1. The molecule has 2 atom stereocenters. The third kappa shape index (κ3) is 3.88. The molecule has 0 aliphatic carbocycles. The van der Waals surface area contributed by atoms with Crippen molar-refractivity contribution in [2.75, 3.05) is 11.6 Å². The molecule has 3 rings (SSSR count). The van der Waals surface area contributed by atoms with Crippen molar-refractivity contribution in [2.24, 2.45) is 4.99 Å². The van der Waals surface area contributed by atoms with Gasteiger partial charge < -0.3 is 5.32 Å². The summed E-state index contributed by atoms with van der Waals surface area (Å²) in [7, 11) is 0. The minimum Gasteiger partial charge on any atom is -0.335 e. The second-order valence-corrected chi connectivity index (χ2v) is 5.93. The van der Waals surface area contributed by atoms with Crippen LogP contribution in [0, 0.1) is 0 Å². The highest BCUT2D eigenvalue weighted by atomic mass is 32.2. The highest BCUT2D eigenvalue weighted by Gasteiger charge is 2.24. The molecule has 0 radical (unpaired) electrons. The van der Waals surface area contributed by atoms with Gasteiger partial charge in [-0.1, -0.05) is 60.3 Å². The number of benzene rings is 2. The van der Waals surface area contributed by atoms with Crippen molar-refractivity contribution in [3.05, 3.63) is 66.2 Å². The molecule has 114 valence electrons. The Labute approximate surface area is 135 Å². The number of para-hydroxylation sites is 1. The molecule has 1 aliphatic rings. The van der Waals surface area contributed by atoms with Crippen molar-refractivity contribution in [3.63, 3.8) is 0 Å². The lowest BCUT2D eigenvalue weighted by Crippen LogP contribution is -2.30. The van der Waals surface area contributed by atoms with Gasteiger partial charge in [0, 0.05) is 18.2 Å². The number of hydrazine groups is 1. The highest BCUT2D eigenvalue weighted by Crippen LogP contribution is 2.23. The van der Waals surface area contributed by atoms with Gasteiger partial charge in [0.15, 0.2) is 5.17 Å². The van der Waals surface area contributed by atoms with Gasteiger partial charge in [0.1, 0.15) is 6.17 Å². The standard InChI is InChI=1S/C17H20N4S/c1-22-17(18-14-10-6-3-7-11-14)19-16-12-15(20-21-16)13-8-4-2-5-9-13/h2-11,15-16,20-21H,12H2,1H3,(H,18,19). The lowest BCUT2D eigenvalue weighted by Gasteiger charge is -2.10. The van der Waals surface area contributed by atoms with Crippen molar-refractivity contribution < 1.29 is 0 Å². The van der Waals surface area contributed by atoms with Gasteiger partial charge in [-0.3, -0.25) is 0 Å². The Kier molecular flexibility index (Phi) is 5.11. The molecule has 2 aromatic carbocycles. The topological polar surface area (TPSA) is 48.5 Å². The Bertz CT molecular complexity index is 615. The maximum absolute atomic E-state index is 4.76. The largest absolute Gasteiger partial charge is 0.335 e. The Balaban J connectivity index is 1.64. The Morgan fingerprint density at radius 1 is 1.05 bits per heavy atom. The van der Waals surface area contributed by atoms with E-state index in [0.717, 1.165) is 17.3 Å². The van der Waals surface area contributed by atoms with Gasteiger partial charge in [-0.2, -0.15) is 0 Å². The molecule has 2 unspecified atom stereocenters. The van der Waals surface area contributed by atoms with Crippen LogP contribution in [0.1, 0.15) is 18.0 Å². The number of hydrogen-bond donors (Lipinski definition) is 3. The van der Waals surface area contributed by atoms with E-state index in [9.17, 15) is 0 Å². The number of amidine groups is 1. The van der Waals surface area contributed by atoms with Gasteiger partial charge in [-0.15, -0.1) is 0 Å². The Morgan fingerprint density at radius 3 is 2.41 bits per heavy atom. The van der Waals surface area contributed by atoms with Crippen LogP contribution in [-0.4, -0.2) is 17.6 Å². The van der Waals surface area contributed by atoms with E-state index in [1.165, 1.54) is 5.56 Å². The van der Waals surface area contributed by atoms with Gasteiger partial charge in [0.2, 0.25) is 0 Å². The van der Waals surface area contributed by atoms with Crippen molar-refractivity contribution >= 4 is 22.6 Å². The molecular weight excluding hydrogens is 292 g/mol. The minimum atomic E-state index is 0.0730. The van der Waals surface area contributed by atoms with Crippen LogP contribution in [0.5, 0.6) is 0 Å². The fraction of sp³-hybridized carbons (Fsp3) is 0.235. The monoisotopic (exact) mass is 312 g/mol. The smallest absolute Gasteiger partial charge is 0.162 e.